The molecule has 0 heterocycles. The van der Waals surface area contributed by atoms with Gasteiger partial charge in [0.25, 0.3) is 5.69 Å². The number of phenols is 1. The molecule has 7 heteroatoms. The van der Waals surface area contributed by atoms with Gasteiger partial charge in [0, 0.05) is 6.07 Å². The van der Waals surface area contributed by atoms with Crippen molar-refractivity contribution in [1.29, 1.82) is 0 Å². The topological polar surface area (TPSA) is 63.4 Å². The number of benzene rings is 2. The maximum atomic E-state index is 13.4. The van der Waals surface area contributed by atoms with Gasteiger partial charge in [-0.05, 0) is 18.2 Å². The first-order valence-corrected chi connectivity index (χ1v) is 6.28. The number of nitro groups is 1. The summed E-state index contributed by atoms with van der Waals surface area (Å²) in [7, 11) is 0. The minimum atomic E-state index is -0.745. The van der Waals surface area contributed by atoms with Crippen LogP contribution in [0.3, 0.4) is 0 Å². The van der Waals surface area contributed by atoms with Crippen LogP contribution in [0.25, 0.3) is 0 Å². The Balaban J connectivity index is 2.48. The molecule has 2 aromatic carbocycles. The van der Waals surface area contributed by atoms with Gasteiger partial charge in [-0.2, -0.15) is 0 Å². The molecule has 2 rings (SSSR count). The van der Waals surface area contributed by atoms with Gasteiger partial charge >= 0.3 is 0 Å². The fourth-order valence-electron chi connectivity index (χ4n) is 1.40. The maximum absolute atomic E-state index is 13.4. The van der Waals surface area contributed by atoms with E-state index in [1.54, 1.807) is 18.2 Å². The van der Waals surface area contributed by atoms with Crippen molar-refractivity contribution in [2.45, 2.75) is 9.79 Å². The molecule has 0 saturated heterocycles. The zero-order valence-corrected chi connectivity index (χ0v) is 10.9. The van der Waals surface area contributed by atoms with Crippen LogP contribution in [0, 0.1) is 15.9 Å². The van der Waals surface area contributed by atoms with E-state index in [2.05, 4.69) is 0 Å². The van der Waals surface area contributed by atoms with Crippen molar-refractivity contribution < 1.29 is 14.4 Å². The van der Waals surface area contributed by atoms with Gasteiger partial charge < -0.3 is 5.11 Å². The number of para-hydroxylation sites is 1. The first-order valence-electron chi connectivity index (χ1n) is 5.08. The fourth-order valence-corrected chi connectivity index (χ4v) is 2.52. The average molecular weight is 300 g/mol. The number of hydrogen-bond acceptors (Lipinski definition) is 4. The second-order valence-electron chi connectivity index (χ2n) is 3.56. The molecule has 0 aromatic heterocycles. The molecule has 98 valence electrons. The molecule has 2 aromatic rings. The highest BCUT2D eigenvalue weighted by Gasteiger charge is 2.19. The summed E-state index contributed by atoms with van der Waals surface area (Å²) in [5.74, 6) is -0.776. The van der Waals surface area contributed by atoms with E-state index in [1.807, 2.05) is 0 Å². The number of aromatic hydroxyl groups is 1. The number of hydrogen-bond donors (Lipinski definition) is 1. The standard InChI is InChI=1S/C12H7ClFNO3S/c13-7-5-9(15(17)18)12(6-8(7)14)19-11-4-2-1-3-10(11)16/h1-6,16H. The molecule has 0 radical (unpaired) electrons. The van der Waals surface area contributed by atoms with Crippen molar-refractivity contribution in [1.82, 2.24) is 0 Å². The fraction of sp³-hybridized carbons (Fsp3) is 0. The van der Waals surface area contributed by atoms with E-state index in [0.29, 0.717) is 4.90 Å². The van der Waals surface area contributed by atoms with Crippen LogP contribution >= 0.6 is 23.4 Å². The Hall–Kier alpha value is -1.79. The zero-order valence-electron chi connectivity index (χ0n) is 9.34. The predicted molar refractivity (Wildman–Crippen MR) is 70.3 cm³/mol. The smallest absolute Gasteiger partial charge is 0.284 e. The van der Waals surface area contributed by atoms with Gasteiger partial charge in [-0.3, -0.25) is 10.1 Å². The van der Waals surface area contributed by atoms with Gasteiger partial charge in [0.1, 0.15) is 11.6 Å². The van der Waals surface area contributed by atoms with Crippen LogP contribution in [0.5, 0.6) is 5.75 Å². The monoisotopic (exact) mass is 299 g/mol. The first-order chi connectivity index (χ1) is 8.99. The van der Waals surface area contributed by atoms with Crippen molar-refractivity contribution in [2.75, 3.05) is 0 Å². The summed E-state index contributed by atoms with van der Waals surface area (Å²) < 4.78 is 13.4. The Labute approximate surface area is 117 Å². The molecule has 0 aliphatic heterocycles. The lowest BCUT2D eigenvalue weighted by Gasteiger charge is -2.06. The van der Waals surface area contributed by atoms with Gasteiger partial charge in [-0.1, -0.05) is 35.5 Å². The molecule has 0 aliphatic carbocycles. The van der Waals surface area contributed by atoms with Crippen molar-refractivity contribution >= 4 is 29.1 Å². The summed E-state index contributed by atoms with van der Waals surface area (Å²) in [6.45, 7) is 0. The normalized spacial score (nSPS) is 10.4. The Kier molecular flexibility index (Phi) is 3.92. The van der Waals surface area contributed by atoms with E-state index < -0.39 is 10.7 Å². The quantitative estimate of drug-likeness (QED) is 0.680. The molecule has 1 N–H and O–H groups in total. The van der Waals surface area contributed by atoms with Crippen LogP contribution in [-0.2, 0) is 0 Å². The molecule has 0 atom stereocenters. The molecule has 0 bridgehead atoms. The lowest BCUT2D eigenvalue weighted by molar-refractivity contribution is -0.387. The number of halogens is 2. The number of nitrogens with zero attached hydrogens (tertiary/aromatic N) is 1. The van der Waals surface area contributed by atoms with Gasteiger partial charge in [0.2, 0.25) is 0 Å². The molecule has 0 saturated carbocycles. The van der Waals surface area contributed by atoms with Crippen LogP contribution in [0.1, 0.15) is 0 Å². The third-order valence-electron chi connectivity index (χ3n) is 2.28. The second-order valence-corrected chi connectivity index (χ2v) is 5.05. The molecule has 19 heavy (non-hydrogen) atoms. The van der Waals surface area contributed by atoms with E-state index >= 15 is 0 Å². The first kappa shape index (κ1) is 13.6. The van der Waals surface area contributed by atoms with Crippen molar-refractivity contribution in [3.63, 3.8) is 0 Å². The molecule has 0 aliphatic rings. The van der Waals surface area contributed by atoms with Crippen molar-refractivity contribution in [2.24, 2.45) is 0 Å². The highest BCUT2D eigenvalue weighted by Crippen LogP contribution is 2.40. The van der Waals surface area contributed by atoms with Crippen LogP contribution in [0.15, 0.2) is 46.2 Å². The Morgan fingerprint density at radius 2 is 1.95 bits per heavy atom. The summed E-state index contributed by atoms with van der Waals surface area (Å²) in [5.41, 5.74) is -0.306. The van der Waals surface area contributed by atoms with E-state index in [1.165, 1.54) is 6.07 Å². The molecular weight excluding hydrogens is 293 g/mol. The minimum absolute atomic E-state index is 0.0304. The Morgan fingerprint density at radius 1 is 1.26 bits per heavy atom. The average Bonchev–Trinajstić information content (AvgIpc) is 2.36. The summed E-state index contributed by atoms with van der Waals surface area (Å²) in [6, 6.07) is 8.25. The van der Waals surface area contributed by atoms with Gasteiger partial charge in [0.05, 0.1) is 19.7 Å². The summed E-state index contributed by atoms with van der Waals surface area (Å²) in [4.78, 5) is 10.7. The Morgan fingerprint density at radius 3 is 2.58 bits per heavy atom. The maximum Gasteiger partial charge on any atom is 0.284 e. The molecule has 4 nitrogen and oxygen atoms in total. The van der Waals surface area contributed by atoms with Crippen molar-refractivity contribution in [3.8, 4) is 5.75 Å². The number of nitro benzene ring substituents is 1. The van der Waals surface area contributed by atoms with E-state index in [-0.39, 0.29) is 21.4 Å². The summed E-state index contributed by atoms with van der Waals surface area (Å²) >= 11 is 6.43. The van der Waals surface area contributed by atoms with Gasteiger partial charge in [-0.25, -0.2) is 4.39 Å². The molecule has 0 amide bonds. The summed E-state index contributed by atoms with van der Waals surface area (Å²) in [6.07, 6.45) is 0. The zero-order chi connectivity index (χ0) is 14.0. The van der Waals surface area contributed by atoms with E-state index in [9.17, 15) is 19.6 Å². The molecule has 0 fully saturated rings. The van der Waals surface area contributed by atoms with Crippen LogP contribution in [0.4, 0.5) is 10.1 Å². The molecule has 0 unspecified atom stereocenters. The van der Waals surface area contributed by atoms with Crippen LogP contribution < -0.4 is 0 Å². The lowest BCUT2D eigenvalue weighted by atomic mass is 10.3. The molecule has 0 spiro atoms. The number of rotatable bonds is 3. The van der Waals surface area contributed by atoms with Crippen LogP contribution in [0.2, 0.25) is 5.02 Å². The van der Waals surface area contributed by atoms with Gasteiger partial charge in [-0.15, -0.1) is 0 Å². The lowest BCUT2D eigenvalue weighted by Crippen LogP contribution is -1.92. The highest BCUT2D eigenvalue weighted by atomic mass is 35.5. The van der Waals surface area contributed by atoms with E-state index in [4.69, 9.17) is 11.6 Å². The minimum Gasteiger partial charge on any atom is -0.507 e. The number of phenolic OH excluding ortho intramolecular Hbond substituents is 1. The van der Waals surface area contributed by atoms with Crippen molar-refractivity contribution in [3.05, 3.63) is 57.4 Å². The second kappa shape index (κ2) is 5.46. The SMILES string of the molecule is O=[N+]([O-])c1cc(Cl)c(F)cc1Sc1ccccc1O. The van der Waals surface area contributed by atoms with E-state index in [0.717, 1.165) is 23.9 Å². The highest BCUT2D eigenvalue weighted by molar-refractivity contribution is 7.99. The predicted octanol–water partition coefficient (Wildman–Crippen LogP) is 4.24. The van der Waals surface area contributed by atoms with Crippen LogP contribution in [-0.4, -0.2) is 10.0 Å². The molecular formula is C12H7ClFNO3S. The largest absolute Gasteiger partial charge is 0.507 e. The van der Waals surface area contributed by atoms with Gasteiger partial charge in [0.15, 0.2) is 0 Å². The third-order valence-corrected chi connectivity index (χ3v) is 3.69. The Bertz CT molecular complexity index is 651. The summed E-state index contributed by atoms with van der Waals surface area (Å²) in [5, 5.41) is 20.2. The third kappa shape index (κ3) is 2.97.